The Bertz CT molecular complexity index is 622. The number of aryl methyl sites for hydroxylation is 1. The van der Waals surface area contributed by atoms with Gasteiger partial charge in [-0.15, -0.1) is 0 Å². The summed E-state index contributed by atoms with van der Waals surface area (Å²) >= 11 is 0. The molecule has 0 spiro atoms. The van der Waals surface area contributed by atoms with Gasteiger partial charge in [-0.2, -0.15) is 5.10 Å². The van der Waals surface area contributed by atoms with Crippen molar-refractivity contribution in [2.75, 3.05) is 13.7 Å². The highest BCUT2D eigenvalue weighted by Crippen LogP contribution is 2.09. The van der Waals surface area contributed by atoms with Gasteiger partial charge in [-0.1, -0.05) is 24.0 Å². The molecule has 0 atom stereocenters. The van der Waals surface area contributed by atoms with Gasteiger partial charge < -0.3 is 5.11 Å². The molecule has 1 heterocycles. The standard InChI is InChI=1S/C16H19N3O/c1-18(12-16-10-17-19(2)13-16)11-15-6-3-5-14(9-15)7-4-8-20/h3,5-6,9-10,13,20H,8,11-12H2,1-2H3. The molecule has 1 aromatic carbocycles. The fraction of sp³-hybridized carbons (Fsp3) is 0.312. The van der Waals surface area contributed by atoms with Crippen LogP contribution in [0.2, 0.25) is 0 Å². The Labute approximate surface area is 119 Å². The number of benzene rings is 1. The molecule has 1 aromatic heterocycles. The van der Waals surface area contributed by atoms with E-state index >= 15 is 0 Å². The van der Waals surface area contributed by atoms with Crippen LogP contribution in [0.3, 0.4) is 0 Å². The lowest BCUT2D eigenvalue weighted by Gasteiger charge is -2.15. The van der Waals surface area contributed by atoms with Crippen LogP contribution in [0.4, 0.5) is 0 Å². The van der Waals surface area contributed by atoms with Gasteiger partial charge in [0.2, 0.25) is 0 Å². The van der Waals surface area contributed by atoms with Crippen molar-refractivity contribution in [1.82, 2.24) is 14.7 Å². The number of aliphatic hydroxyl groups excluding tert-OH is 1. The van der Waals surface area contributed by atoms with E-state index in [1.807, 2.05) is 36.3 Å². The minimum atomic E-state index is -0.106. The molecule has 0 aliphatic heterocycles. The highest BCUT2D eigenvalue weighted by atomic mass is 16.2. The summed E-state index contributed by atoms with van der Waals surface area (Å²) in [6, 6.07) is 8.09. The molecule has 0 aliphatic carbocycles. The summed E-state index contributed by atoms with van der Waals surface area (Å²) < 4.78 is 1.81. The number of aliphatic hydroxyl groups is 1. The fourth-order valence-electron chi connectivity index (χ4n) is 2.12. The summed E-state index contributed by atoms with van der Waals surface area (Å²) in [6.45, 7) is 1.61. The molecule has 20 heavy (non-hydrogen) atoms. The second-order valence-corrected chi connectivity index (χ2v) is 4.85. The molecular formula is C16H19N3O. The van der Waals surface area contributed by atoms with E-state index in [1.54, 1.807) is 0 Å². The lowest BCUT2D eigenvalue weighted by Crippen LogP contribution is -2.16. The van der Waals surface area contributed by atoms with Gasteiger partial charge in [0.25, 0.3) is 0 Å². The maximum atomic E-state index is 8.72. The topological polar surface area (TPSA) is 41.3 Å². The fourth-order valence-corrected chi connectivity index (χ4v) is 2.12. The zero-order valence-corrected chi connectivity index (χ0v) is 11.9. The van der Waals surface area contributed by atoms with Crippen LogP contribution in [0.1, 0.15) is 16.7 Å². The van der Waals surface area contributed by atoms with Crippen LogP contribution >= 0.6 is 0 Å². The minimum absolute atomic E-state index is 0.106. The van der Waals surface area contributed by atoms with Crippen LogP contribution < -0.4 is 0 Å². The number of nitrogens with zero attached hydrogens (tertiary/aromatic N) is 3. The average molecular weight is 269 g/mol. The average Bonchev–Trinajstić information content (AvgIpc) is 2.82. The van der Waals surface area contributed by atoms with Crippen molar-refractivity contribution in [3.8, 4) is 11.8 Å². The molecule has 0 radical (unpaired) electrons. The van der Waals surface area contributed by atoms with Gasteiger partial charge in [0.1, 0.15) is 6.61 Å². The first-order valence-electron chi connectivity index (χ1n) is 6.52. The summed E-state index contributed by atoms with van der Waals surface area (Å²) in [5, 5.41) is 12.9. The third kappa shape index (κ3) is 4.23. The second-order valence-electron chi connectivity index (χ2n) is 4.85. The summed E-state index contributed by atoms with van der Waals surface area (Å²) in [4.78, 5) is 2.23. The highest BCUT2D eigenvalue weighted by Gasteiger charge is 2.04. The first-order chi connectivity index (χ1) is 9.67. The normalized spacial score (nSPS) is 10.4. The molecule has 4 nitrogen and oxygen atoms in total. The van der Waals surface area contributed by atoms with E-state index < -0.39 is 0 Å². The lowest BCUT2D eigenvalue weighted by molar-refractivity contribution is 0.319. The van der Waals surface area contributed by atoms with Gasteiger partial charge in [0, 0.05) is 37.5 Å². The summed E-state index contributed by atoms with van der Waals surface area (Å²) in [5.41, 5.74) is 3.35. The molecule has 0 saturated heterocycles. The van der Waals surface area contributed by atoms with Crippen molar-refractivity contribution in [2.24, 2.45) is 7.05 Å². The molecule has 0 bridgehead atoms. The van der Waals surface area contributed by atoms with Crippen molar-refractivity contribution < 1.29 is 5.11 Å². The predicted octanol–water partition coefficient (Wildman–Crippen LogP) is 1.40. The van der Waals surface area contributed by atoms with E-state index in [0.717, 1.165) is 18.7 Å². The molecule has 104 valence electrons. The van der Waals surface area contributed by atoms with Crippen molar-refractivity contribution in [3.63, 3.8) is 0 Å². The third-order valence-corrected chi connectivity index (χ3v) is 2.90. The van der Waals surface area contributed by atoms with E-state index in [2.05, 4.69) is 41.0 Å². The van der Waals surface area contributed by atoms with Gasteiger partial charge >= 0.3 is 0 Å². The summed E-state index contributed by atoms with van der Waals surface area (Å²) in [7, 11) is 4.01. The molecular weight excluding hydrogens is 250 g/mol. The van der Waals surface area contributed by atoms with Crippen LogP contribution in [0.15, 0.2) is 36.7 Å². The van der Waals surface area contributed by atoms with Crippen LogP contribution in [-0.4, -0.2) is 33.4 Å². The Morgan fingerprint density at radius 1 is 1.30 bits per heavy atom. The molecule has 4 heteroatoms. The van der Waals surface area contributed by atoms with Gasteiger partial charge in [-0.3, -0.25) is 9.58 Å². The summed E-state index contributed by atoms with van der Waals surface area (Å²) in [6.07, 6.45) is 3.92. The lowest BCUT2D eigenvalue weighted by atomic mass is 10.1. The highest BCUT2D eigenvalue weighted by molar-refractivity contribution is 5.37. The van der Waals surface area contributed by atoms with E-state index in [0.29, 0.717) is 0 Å². The van der Waals surface area contributed by atoms with Crippen molar-refractivity contribution in [3.05, 3.63) is 53.3 Å². The van der Waals surface area contributed by atoms with E-state index in [1.165, 1.54) is 11.1 Å². The van der Waals surface area contributed by atoms with Gasteiger partial charge in [0.05, 0.1) is 6.20 Å². The Balaban J connectivity index is 1.98. The quantitative estimate of drug-likeness (QED) is 0.853. The van der Waals surface area contributed by atoms with Crippen LogP contribution in [0, 0.1) is 11.8 Å². The Morgan fingerprint density at radius 3 is 2.80 bits per heavy atom. The molecule has 1 N–H and O–H groups in total. The molecule has 0 aliphatic rings. The van der Waals surface area contributed by atoms with E-state index in [-0.39, 0.29) is 6.61 Å². The second kappa shape index (κ2) is 6.90. The van der Waals surface area contributed by atoms with Gasteiger partial charge in [-0.05, 0) is 24.7 Å². The first-order valence-corrected chi connectivity index (χ1v) is 6.52. The summed E-state index contributed by atoms with van der Waals surface area (Å²) in [5.74, 6) is 5.60. The smallest absolute Gasteiger partial charge is 0.104 e. The Kier molecular flexibility index (Phi) is 4.94. The SMILES string of the molecule is CN(Cc1cccc(C#CCO)c1)Cc1cnn(C)c1. The van der Waals surface area contributed by atoms with E-state index in [9.17, 15) is 0 Å². The van der Waals surface area contributed by atoms with Crippen LogP contribution in [0.25, 0.3) is 0 Å². The number of hydrogen-bond donors (Lipinski definition) is 1. The largest absolute Gasteiger partial charge is 0.384 e. The van der Waals surface area contributed by atoms with Crippen LogP contribution in [-0.2, 0) is 20.1 Å². The molecule has 0 saturated carbocycles. The molecule has 0 fully saturated rings. The Morgan fingerprint density at radius 2 is 2.10 bits per heavy atom. The zero-order chi connectivity index (χ0) is 14.4. The predicted molar refractivity (Wildman–Crippen MR) is 78.8 cm³/mol. The third-order valence-electron chi connectivity index (χ3n) is 2.90. The maximum Gasteiger partial charge on any atom is 0.104 e. The van der Waals surface area contributed by atoms with Crippen LogP contribution in [0.5, 0.6) is 0 Å². The molecule has 2 rings (SSSR count). The number of rotatable bonds is 4. The molecule has 0 unspecified atom stereocenters. The zero-order valence-electron chi connectivity index (χ0n) is 11.9. The maximum absolute atomic E-state index is 8.72. The Hall–Kier alpha value is -2.09. The van der Waals surface area contributed by atoms with E-state index in [4.69, 9.17) is 5.11 Å². The van der Waals surface area contributed by atoms with Crippen molar-refractivity contribution in [1.29, 1.82) is 0 Å². The number of aromatic nitrogens is 2. The van der Waals surface area contributed by atoms with Crippen molar-refractivity contribution >= 4 is 0 Å². The van der Waals surface area contributed by atoms with Crippen molar-refractivity contribution in [2.45, 2.75) is 13.1 Å². The number of hydrogen-bond acceptors (Lipinski definition) is 3. The van der Waals surface area contributed by atoms with Gasteiger partial charge in [0.15, 0.2) is 0 Å². The van der Waals surface area contributed by atoms with Gasteiger partial charge in [-0.25, -0.2) is 0 Å². The molecule has 2 aromatic rings. The molecule has 0 amide bonds. The monoisotopic (exact) mass is 269 g/mol. The first kappa shape index (κ1) is 14.3. The minimum Gasteiger partial charge on any atom is -0.384 e.